The lowest BCUT2D eigenvalue weighted by atomic mass is 10.1. The molecule has 0 saturated carbocycles. The number of hydrogen-bond donors (Lipinski definition) is 2. The predicted molar refractivity (Wildman–Crippen MR) is 104 cm³/mol. The summed E-state index contributed by atoms with van der Waals surface area (Å²) in [5.74, 6) is 2.32. The van der Waals surface area contributed by atoms with Crippen molar-refractivity contribution < 1.29 is 0 Å². The van der Waals surface area contributed by atoms with Gasteiger partial charge >= 0.3 is 0 Å². The van der Waals surface area contributed by atoms with Gasteiger partial charge in [0.15, 0.2) is 5.96 Å². The molecule has 2 N–H and O–H groups in total. The van der Waals surface area contributed by atoms with Gasteiger partial charge in [0.1, 0.15) is 0 Å². The van der Waals surface area contributed by atoms with E-state index in [1.54, 1.807) is 0 Å². The number of rotatable bonds is 7. The Balaban J connectivity index is 0.00000400. The highest BCUT2D eigenvalue weighted by molar-refractivity contribution is 14.0. The molecule has 1 fully saturated rings. The lowest BCUT2D eigenvalue weighted by Gasteiger charge is -2.21. The van der Waals surface area contributed by atoms with Gasteiger partial charge in [0.05, 0.1) is 0 Å². The molecule has 1 rings (SSSR count). The lowest BCUT2D eigenvalue weighted by Crippen LogP contribution is -2.44. The first kappa shape index (κ1) is 21.0. The first-order chi connectivity index (χ1) is 9.56. The van der Waals surface area contributed by atoms with Crippen LogP contribution in [0.1, 0.15) is 47.5 Å². The van der Waals surface area contributed by atoms with E-state index in [0.717, 1.165) is 25.0 Å². The fourth-order valence-electron chi connectivity index (χ4n) is 2.50. The summed E-state index contributed by atoms with van der Waals surface area (Å²) in [6.45, 7) is 16.6. The summed E-state index contributed by atoms with van der Waals surface area (Å²) in [6.07, 6.45) is 2.55. The van der Waals surface area contributed by atoms with Gasteiger partial charge in [-0.25, -0.2) is 0 Å². The van der Waals surface area contributed by atoms with E-state index in [0.29, 0.717) is 12.0 Å². The van der Waals surface area contributed by atoms with Crippen LogP contribution in [0.25, 0.3) is 0 Å². The number of halogens is 1. The Bertz CT molecular complexity index is 294. The summed E-state index contributed by atoms with van der Waals surface area (Å²) >= 11 is 0. The third-order valence-corrected chi connectivity index (χ3v) is 4.13. The zero-order valence-corrected chi connectivity index (χ0v) is 16.8. The van der Waals surface area contributed by atoms with Crippen molar-refractivity contribution in [1.82, 2.24) is 15.5 Å². The highest BCUT2D eigenvalue weighted by Gasteiger charge is 2.21. The summed E-state index contributed by atoms with van der Waals surface area (Å²) in [4.78, 5) is 7.35. The largest absolute Gasteiger partial charge is 0.357 e. The highest BCUT2D eigenvalue weighted by atomic mass is 127. The molecule has 126 valence electrons. The van der Waals surface area contributed by atoms with E-state index in [1.807, 2.05) is 0 Å². The molecule has 0 radical (unpaired) electrons. The zero-order valence-electron chi connectivity index (χ0n) is 14.5. The molecule has 0 aromatic heterocycles. The number of nitrogens with zero attached hydrogens (tertiary/aromatic N) is 2. The SMILES string of the molecule is CCCN1CCC(CN=C(NCC)NC(C)C(C)C)C1.I. The van der Waals surface area contributed by atoms with Crippen LogP contribution in [0.2, 0.25) is 0 Å². The number of aliphatic imine (C=N–C) groups is 1. The zero-order chi connectivity index (χ0) is 15.0. The van der Waals surface area contributed by atoms with Gasteiger partial charge in [-0.2, -0.15) is 0 Å². The van der Waals surface area contributed by atoms with Crippen molar-refractivity contribution in [1.29, 1.82) is 0 Å². The van der Waals surface area contributed by atoms with Crippen LogP contribution in [0.5, 0.6) is 0 Å². The minimum atomic E-state index is 0. The Morgan fingerprint density at radius 1 is 1.29 bits per heavy atom. The summed E-state index contributed by atoms with van der Waals surface area (Å²) in [7, 11) is 0. The van der Waals surface area contributed by atoms with Crippen LogP contribution in [0.4, 0.5) is 0 Å². The Morgan fingerprint density at radius 3 is 2.57 bits per heavy atom. The molecule has 21 heavy (non-hydrogen) atoms. The van der Waals surface area contributed by atoms with Crippen molar-refractivity contribution in [2.24, 2.45) is 16.8 Å². The van der Waals surface area contributed by atoms with E-state index >= 15 is 0 Å². The normalized spacial score (nSPS) is 21.2. The summed E-state index contributed by atoms with van der Waals surface area (Å²) in [5.41, 5.74) is 0. The Morgan fingerprint density at radius 2 is 2.00 bits per heavy atom. The van der Waals surface area contributed by atoms with Crippen LogP contribution >= 0.6 is 24.0 Å². The third kappa shape index (κ3) is 8.24. The smallest absolute Gasteiger partial charge is 0.191 e. The minimum Gasteiger partial charge on any atom is -0.357 e. The molecule has 0 amide bonds. The van der Waals surface area contributed by atoms with E-state index in [9.17, 15) is 0 Å². The van der Waals surface area contributed by atoms with Gasteiger partial charge in [0.2, 0.25) is 0 Å². The van der Waals surface area contributed by atoms with E-state index in [4.69, 9.17) is 4.99 Å². The van der Waals surface area contributed by atoms with Crippen LogP contribution in [0.3, 0.4) is 0 Å². The molecular weight excluding hydrogens is 375 g/mol. The second-order valence-electron chi connectivity index (χ2n) is 6.35. The first-order valence-electron chi connectivity index (χ1n) is 8.34. The highest BCUT2D eigenvalue weighted by Crippen LogP contribution is 2.16. The molecule has 2 unspecified atom stereocenters. The standard InChI is InChI=1S/C16H34N4.HI/c1-6-9-20-10-8-15(12-20)11-18-16(17-7-2)19-14(5)13(3)4;/h13-15H,6-12H2,1-5H3,(H2,17,18,19);1H. The molecule has 0 aliphatic carbocycles. The number of guanidine groups is 1. The monoisotopic (exact) mass is 410 g/mol. The molecule has 2 atom stereocenters. The second-order valence-corrected chi connectivity index (χ2v) is 6.35. The van der Waals surface area contributed by atoms with Gasteiger partial charge < -0.3 is 15.5 Å². The van der Waals surface area contributed by atoms with E-state index < -0.39 is 0 Å². The van der Waals surface area contributed by atoms with Crippen LogP contribution < -0.4 is 10.6 Å². The topological polar surface area (TPSA) is 39.7 Å². The Labute approximate surface area is 148 Å². The quantitative estimate of drug-likeness (QED) is 0.385. The third-order valence-electron chi connectivity index (χ3n) is 4.13. The maximum Gasteiger partial charge on any atom is 0.191 e. The molecule has 0 bridgehead atoms. The molecule has 4 nitrogen and oxygen atoms in total. The second kappa shape index (κ2) is 11.5. The van der Waals surface area contributed by atoms with Crippen molar-refractivity contribution in [3.8, 4) is 0 Å². The number of nitrogens with one attached hydrogen (secondary N) is 2. The lowest BCUT2D eigenvalue weighted by molar-refractivity contribution is 0.326. The number of hydrogen-bond acceptors (Lipinski definition) is 2. The van der Waals surface area contributed by atoms with Gasteiger partial charge in [0.25, 0.3) is 0 Å². The summed E-state index contributed by atoms with van der Waals surface area (Å²) in [6, 6.07) is 0.452. The minimum absolute atomic E-state index is 0. The van der Waals surface area contributed by atoms with E-state index in [2.05, 4.69) is 50.2 Å². The van der Waals surface area contributed by atoms with Crippen LogP contribution in [-0.4, -0.2) is 49.6 Å². The van der Waals surface area contributed by atoms with Crippen molar-refractivity contribution >= 4 is 29.9 Å². The Hall–Kier alpha value is -0.0400. The maximum atomic E-state index is 4.78. The average molecular weight is 410 g/mol. The molecule has 1 heterocycles. The molecule has 1 aliphatic rings. The molecule has 0 spiro atoms. The van der Waals surface area contributed by atoms with Crippen molar-refractivity contribution in [2.75, 3.05) is 32.7 Å². The van der Waals surface area contributed by atoms with E-state index in [1.165, 1.54) is 32.5 Å². The van der Waals surface area contributed by atoms with Gasteiger partial charge in [-0.15, -0.1) is 24.0 Å². The first-order valence-corrected chi connectivity index (χ1v) is 8.34. The fraction of sp³-hybridized carbons (Fsp3) is 0.938. The van der Waals surface area contributed by atoms with Crippen LogP contribution in [0, 0.1) is 11.8 Å². The molecule has 1 aliphatic heterocycles. The van der Waals surface area contributed by atoms with Gasteiger partial charge in [-0.3, -0.25) is 4.99 Å². The molecule has 0 aromatic rings. The summed E-state index contributed by atoms with van der Waals surface area (Å²) < 4.78 is 0. The van der Waals surface area contributed by atoms with Crippen LogP contribution in [-0.2, 0) is 0 Å². The molecule has 5 heteroatoms. The van der Waals surface area contributed by atoms with Gasteiger partial charge in [-0.05, 0) is 51.6 Å². The van der Waals surface area contributed by atoms with Crippen molar-refractivity contribution in [3.63, 3.8) is 0 Å². The molecule has 1 saturated heterocycles. The predicted octanol–water partition coefficient (Wildman–Crippen LogP) is 2.94. The van der Waals surface area contributed by atoms with Crippen LogP contribution in [0.15, 0.2) is 4.99 Å². The van der Waals surface area contributed by atoms with Crippen molar-refractivity contribution in [3.05, 3.63) is 0 Å². The van der Waals surface area contributed by atoms with Gasteiger partial charge in [0, 0.05) is 25.7 Å². The van der Waals surface area contributed by atoms with E-state index in [-0.39, 0.29) is 24.0 Å². The van der Waals surface area contributed by atoms with Crippen molar-refractivity contribution in [2.45, 2.75) is 53.5 Å². The Kier molecular flexibility index (Phi) is 11.5. The maximum absolute atomic E-state index is 4.78. The number of likely N-dealkylation sites (tertiary alicyclic amines) is 1. The molecule has 0 aromatic carbocycles. The summed E-state index contributed by atoms with van der Waals surface area (Å²) in [5, 5.41) is 6.86. The fourth-order valence-corrected chi connectivity index (χ4v) is 2.50. The van der Waals surface area contributed by atoms with Gasteiger partial charge in [-0.1, -0.05) is 20.8 Å². The molecular formula is C16H35IN4. The average Bonchev–Trinajstić information content (AvgIpc) is 2.84.